The molecule has 0 aliphatic carbocycles. The number of sulfonamides is 1. The third-order valence-corrected chi connectivity index (χ3v) is 5.59. The van der Waals surface area contributed by atoms with Crippen LogP contribution in [0.5, 0.6) is 0 Å². The molecule has 5 nitrogen and oxygen atoms in total. The number of anilines is 1. The maximum atomic E-state index is 12.7. The molecule has 0 atom stereocenters. The molecule has 0 spiro atoms. The van der Waals surface area contributed by atoms with Crippen LogP contribution in [0.25, 0.3) is 11.3 Å². The molecule has 0 saturated carbocycles. The van der Waals surface area contributed by atoms with Crippen LogP contribution in [0.15, 0.2) is 65.7 Å². The minimum atomic E-state index is -4.54. The average molecular weight is 421 g/mol. The van der Waals surface area contributed by atoms with Crippen molar-refractivity contribution in [3.63, 3.8) is 0 Å². The lowest BCUT2D eigenvalue weighted by Gasteiger charge is -2.10. The lowest BCUT2D eigenvalue weighted by atomic mass is 10.0. The van der Waals surface area contributed by atoms with E-state index in [2.05, 4.69) is 28.5 Å². The van der Waals surface area contributed by atoms with Crippen molar-refractivity contribution in [3.05, 3.63) is 71.9 Å². The van der Waals surface area contributed by atoms with Crippen molar-refractivity contribution in [2.24, 2.45) is 0 Å². The minimum absolute atomic E-state index is 0.171. The van der Waals surface area contributed by atoms with Gasteiger partial charge in [-0.15, -0.1) is 0 Å². The highest BCUT2D eigenvalue weighted by molar-refractivity contribution is 7.92. The third-order valence-electron chi connectivity index (χ3n) is 4.25. The second-order valence-electron chi connectivity index (χ2n) is 6.67. The maximum absolute atomic E-state index is 12.7. The number of hydrogen-bond acceptors (Lipinski definition) is 4. The fourth-order valence-corrected chi connectivity index (χ4v) is 3.56. The second kappa shape index (κ2) is 7.82. The van der Waals surface area contributed by atoms with Gasteiger partial charge in [-0.3, -0.25) is 0 Å². The van der Waals surface area contributed by atoms with Crippen molar-refractivity contribution in [2.45, 2.75) is 30.8 Å². The van der Waals surface area contributed by atoms with E-state index in [9.17, 15) is 21.6 Å². The maximum Gasteiger partial charge on any atom is 0.416 e. The molecule has 0 amide bonds. The molecule has 2 aromatic carbocycles. The molecule has 0 aliphatic heterocycles. The van der Waals surface area contributed by atoms with Gasteiger partial charge in [0.1, 0.15) is 0 Å². The van der Waals surface area contributed by atoms with Crippen LogP contribution >= 0.6 is 0 Å². The van der Waals surface area contributed by atoms with Crippen LogP contribution in [-0.2, 0) is 16.2 Å². The summed E-state index contributed by atoms with van der Waals surface area (Å²) >= 11 is 0. The van der Waals surface area contributed by atoms with Gasteiger partial charge in [-0.1, -0.05) is 38.1 Å². The summed E-state index contributed by atoms with van der Waals surface area (Å²) in [5.41, 5.74) is 1.53. The molecule has 0 fully saturated rings. The van der Waals surface area contributed by atoms with Gasteiger partial charge in [0.15, 0.2) is 0 Å². The quantitative estimate of drug-likeness (QED) is 0.623. The summed E-state index contributed by atoms with van der Waals surface area (Å²) in [5, 5.41) is 0. The smallest absolute Gasteiger partial charge is 0.247 e. The monoisotopic (exact) mass is 421 g/mol. The lowest BCUT2D eigenvalue weighted by Crippen LogP contribution is -2.15. The van der Waals surface area contributed by atoms with Crippen molar-refractivity contribution in [3.8, 4) is 11.3 Å². The normalized spacial score (nSPS) is 12.2. The van der Waals surface area contributed by atoms with E-state index in [1.807, 2.05) is 24.3 Å². The first kappa shape index (κ1) is 20.8. The Morgan fingerprint density at radius 1 is 0.931 bits per heavy atom. The van der Waals surface area contributed by atoms with Gasteiger partial charge in [0, 0.05) is 11.8 Å². The summed E-state index contributed by atoms with van der Waals surface area (Å²) in [5.74, 6) is 0.205. The van der Waals surface area contributed by atoms with Gasteiger partial charge in [0.25, 0.3) is 10.0 Å². The van der Waals surface area contributed by atoms with Crippen molar-refractivity contribution < 1.29 is 21.6 Å². The highest BCUT2D eigenvalue weighted by Gasteiger charge is 2.30. The largest absolute Gasteiger partial charge is 0.416 e. The highest BCUT2D eigenvalue weighted by atomic mass is 32.2. The predicted molar refractivity (Wildman–Crippen MR) is 104 cm³/mol. The molecule has 152 valence electrons. The van der Waals surface area contributed by atoms with E-state index >= 15 is 0 Å². The van der Waals surface area contributed by atoms with E-state index in [4.69, 9.17) is 0 Å². The molecular formula is C20H18F3N3O2S. The van der Waals surface area contributed by atoms with Gasteiger partial charge in [-0.05, 0) is 41.8 Å². The molecule has 1 N–H and O–H groups in total. The van der Waals surface area contributed by atoms with Gasteiger partial charge in [0.2, 0.25) is 5.95 Å². The Kier molecular flexibility index (Phi) is 5.61. The lowest BCUT2D eigenvalue weighted by molar-refractivity contribution is -0.137. The topological polar surface area (TPSA) is 72.0 Å². The van der Waals surface area contributed by atoms with E-state index in [1.54, 1.807) is 6.07 Å². The Hall–Kier alpha value is -2.94. The molecule has 3 aromatic rings. The average Bonchev–Trinajstić information content (AvgIpc) is 2.67. The van der Waals surface area contributed by atoms with Gasteiger partial charge in [-0.25, -0.2) is 23.1 Å². The first-order chi connectivity index (χ1) is 13.6. The molecule has 1 heterocycles. The summed E-state index contributed by atoms with van der Waals surface area (Å²) in [6, 6.07) is 12.5. The molecule has 3 rings (SSSR count). The summed E-state index contributed by atoms with van der Waals surface area (Å²) < 4.78 is 65.1. The Labute approximate surface area is 166 Å². The number of benzene rings is 2. The standard InChI is InChI=1S/C20H18F3N3O2S/c1-13(2)14-3-5-15(6-4-14)18-11-12-24-19(25-18)26-29(27,28)17-9-7-16(8-10-17)20(21,22)23/h3-13H,1-2H3,(H,24,25,26). The Morgan fingerprint density at radius 3 is 2.10 bits per heavy atom. The van der Waals surface area contributed by atoms with Crippen molar-refractivity contribution in [1.82, 2.24) is 9.97 Å². The van der Waals surface area contributed by atoms with Crippen LogP contribution in [0, 0.1) is 0 Å². The van der Waals surface area contributed by atoms with Crippen LogP contribution in [-0.4, -0.2) is 18.4 Å². The zero-order valence-electron chi connectivity index (χ0n) is 15.6. The number of halogens is 3. The first-order valence-electron chi connectivity index (χ1n) is 8.70. The number of rotatable bonds is 5. The zero-order chi connectivity index (χ0) is 21.2. The van der Waals surface area contributed by atoms with Gasteiger partial charge in [0.05, 0.1) is 16.2 Å². The number of nitrogens with one attached hydrogen (secondary N) is 1. The molecule has 0 saturated heterocycles. The molecule has 0 radical (unpaired) electrons. The number of alkyl halides is 3. The van der Waals surface area contributed by atoms with Gasteiger partial charge < -0.3 is 0 Å². The summed E-state index contributed by atoms with van der Waals surface area (Å²) in [6.45, 7) is 4.15. The molecular weight excluding hydrogens is 403 g/mol. The number of nitrogens with zero attached hydrogens (tertiary/aromatic N) is 2. The molecule has 29 heavy (non-hydrogen) atoms. The molecule has 1 aromatic heterocycles. The number of hydrogen-bond donors (Lipinski definition) is 1. The van der Waals surface area contributed by atoms with Gasteiger partial charge in [-0.2, -0.15) is 13.2 Å². The van der Waals surface area contributed by atoms with Crippen LogP contribution in [0.4, 0.5) is 19.1 Å². The Bertz CT molecular complexity index is 1100. The summed E-state index contributed by atoms with van der Waals surface area (Å²) in [6.07, 6.45) is -3.14. The molecule has 9 heteroatoms. The van der Waals surface area contributed by atoms with Crippen molar-refractivity contribution in [2.75, 3.05) is 4.72 Å². The minimum Gasteiger partial charge on any atom is -0.247 e. The van der Waals surface area contributed by atoms with E-state index in [1.165, 1.54) is 6.20 Å². The SMILES string of the molecule is CC(C)c1ccc(-c2ccnc(NS(=O)(=O)c3ccc(C(F)(F)F)cc3)n2)cc1. The van der Waals surface area contributed by atoms with Crippen LogP contribution < -0.4 is 4.72 Å². The highest BCUT2D eigenvalue weighted by Crippen LogP contribution is 2.30. The fourth-order valence-electron chi connectivity index (χ4n) is 2.61. The second-order valence-corrected chi connectivity index (χ2v) is 8.35. The molecule has 0 bridgehead atoms. The summed E-state index contributed by atoms with van der Waals surface area (Å²) in [4.78, 5) is 7.78. The molecule has 0 aliphatic rings. The van der Waals surface area contributed by atoms with E-state index < -0.39 is 21.8 Å². The van der Waals surface area contributed by atoms with E-state index in [0.717, 1.165) is 23.3 Å². The van der Waals surface area contributed by atoms with Crippen LogP contribution in [0.1, 0.15) is 30.9 Å². The third kappa shape index (κ3) is 4.92. The predicted octanol–water partition coefficient (Wildman–Crippen LogP) is 5.09. The van der Waals surface area contributed by atoms with Crippen molar-refractivity contribution >= 4 is 16.0 Å². The first-order valence-corrected chi connectivity index (χ1v) is 10.2. The number of aromatic nitrogens is 2. The Balaban J connectivity index is 1.83. The van der Waals surface area contributed by atoms with E-state index in [0.29, 0.717) is 23.7 Å². The van der Waals surface area contributed by atoms with Gasteiger partial charge >= 0.3 is 6.18 Å². The Morgan fingerprint density at radius 2 is 1.55 bits per heavy atom. The molecule has 0 unspecified atom stereocenters. The zero-order valence-corrected chi connectivity index (χ0v) is 16.4. The van der Waals surface area contributed by atoms with Crippen LogP contribution in [0.2, 0.25) is 0 Å². The van der Waals surface area contributed by atoms with E-state index in [-0.39, 0.29) is 10.8 Å². The van der Waals surface area contributed by atoms with Crippen molar-refractivity contribution in [1.29, 1.82) is 0 Å². The van der Waals surface area contributed by atoms with Crippen LogP contribution in [0.3, 0.4) is 0 Å². The summed E-state index contributed by atoms with van der Waals surface area (Å²) in [7, 11) is -4.13. The fraction of sp³-hybridized carbons (Fsp3) is 0.200.